The fraction of sp³-hybridized carbons (Fsp3) is 0.222. The zero-order valence-corrected chi connectivity index (χ0v) is 17.4. The van der Waals surface area contributed by atoms with Gasteiger partial charge in [0.05, 0.1) is 18.1 Å². The number of imide groups is 1. The number of ether oxygens (including phenoxy) is 1. The van der Waals surface area contributed by atoms with Gasteiger partial charge in [-0.2, -0.15) is 10.1 Å². The number of hydrazone groups is 1. The van der Waals surface area contributed by atoms with E-state index in [-0.39, 0.29) is 35.5 Å². The number of hydrogen-bond donors (Lipinski definition) is 0. The number of carbonyl (C=O) groups excluding carboxylic acids is 2. The smallest absolute Gasteiger partial charge is 0.254 e. The monoisotopic (exact) mass is 422 g/mol. The minimum atomic E-state index is -0.231. The van der Waals surface area contributed by atoms with Gasteiger partial charge in [-0.15, -0.1) is 0 Å². The molecule has 4 atom stereocenters. The van der Waals surface area contributed by atoms with Gasteiger partial charge >= 0.3 is 0 Å². The van der Waals surface area contributed by atoms with Gasteiger partial charge in [0.2, 0.25) is 0 Å². The Balaban J connectivity index is 1.17. The van der Waals surface area contributed by atoms with Crippen molar-refractivity contribution in [3.05, 3.63) is 90.0 Å². The van der Waals surface area contributed by atoms with Crippen LogP contribution in [0, 0.1) is 23.7 Å². The normalized spacial score (nSPS) is 25.9. The van der Waals surface area contributed by atoms with Crippen LogP contribution in [0.4, 0.5) is 0 Å². The first kappa shape index (κ1) is 19.0. The molecule has 32 heavy (non-hydrogen) atoms. The topological polar surface area (TPSA) is 59.0 Å². The van der Waals surface area contributed by atoms with Crippen LogP contribution in [0.1, 0.15) is 17.5 Å². The molecular formula is C27H22N2O3. The molecule has 3 aromatic carbocycles. The summed E-state index contributed by atoms with van der Waals surface area (Å²) in [6, 6.07) is 21.9. The maximum absolute atomic E-state index is 12.8. The molecule has 1 aliphatic heterocycles. The average molecular weight is 422 g/mol. The maximum Gasteiger partial charge on any atom is 0.254 e. The Labute approximate surface area is 186 Å². The van der Waals surface area contributed by atoms with Crippen LogP contribution in [0.2, 0.25) is 0 Å². The Hall–Kier alpha value is -3.73. The molecule has 2 amide bonds. The summed E-state index contributed by atoms with van der Waals surface area (Å²) in [7, 11) is 0. The largest absolute Gasteiger partial charge is 0.489 e. The first-order valence-electron chi connectivity index (χ1n) is 11.0. The summed E-state index contributed by atoms with van der Waals surface area (Å²) in [6.07, 6.45) is 6.65. The van der Waals surface area contributed by atoms with E-state index < -0.39 is 0 Å². The summed E-state index contributed by atoms with van der Waals surface area (Å²) in [5, 5.41) is 7.69. The fourth-order valence-electron chi connectivity index (χ4n) is 5.39. The minimum absolute atomic E-state index is 0.170. The lowest BCUT2D eigenvalue weighted by Gasteiger charge is -2.13. The molecule has 3 aliphatic rings. The molecule has 0 N–H and O–H groups in total. The van der Waals surface area contributed by atoms with Crippen LogP contribution in [0.5, 0.6) is 5.75 Å². The van der Waals surface area contributed by atoms with E-state index in [4.69, 9.17) is 4.74 Å². The second-order valence-corrected chi connectivity index (χ2v) is 8.73. The van der Waals surface area contributed by atoms with E-state index in [1.807, 2.05) is 42.5 Å². The molecule has 5 heteroatoms. The van der Waals surface area contributed by atoms with Crippen LogP contribution in [-0.2, 0) is 16.2 Å². The lowest BCUT2D eigenvalue weighted by molar-refractivity contribution is -0.140. The van der Waals surface area contributed by atoms with Crippen LogP contribution >= 0.6 is 0 Å². The molecular weight excluding hydrogens is 400 g/mol. The zero-order chi connectivity index (χ0) is 21.7. The Morgan fingerprint density at radius 3 is 2.44 bits per heavy atom. The Kier molecular flexibility index (Phi) is 4.42. The standard InChI is InChI=1S/C27H22N2O3/c30-26-24-19-11-12-20(14-19)25(24)27(31)29(26)28-15-17-5-3-9-22(13-17)32-16-21-8-4-7-18-6-1-2-10-23(18)21/h1-13,15,19-20,24-25H,14,16H2/b28-15-/t19-,20-,24+,25+/m0/s1. The molecule has 0 spiro atoms. The highest BCUT2D eigenvalue weighted by atomic mass is 16.5. The van der Waals surface area contributed by atoms with Crippen molar-refractivity contribution in [3.63, 3.8) is 0 Å². The molecule has 2 aliphatic carbocycles. The van der Waals surface area contributed by atoms with E-state index in [0.717, 1.165) is 22.6 Å². The van der Waals surface area contributed by atoms with Gasteiger partial charge in [-0.3, -0.25) is 9.59 Å². The summed E-state index contributed by atoms with van der Waals surface area (Å²) in [5.74, 6) is 0.280. The number of hydrogen-bond acceptors (Lipinski definition) is 4. The molecule has 0 aromatic heterocycles. The highest BCUT2D eigenvalue weighted by Crippen LogP contribution is 2.52. The second-order valence-electron chi connectivity index (χ2n) is 8.73. The SMILES string of the molecule is O=C1[C@H]2[C@H](C(=O)N1/N=C\c1cccc(OCc3cccc4ccccc34)c1)[C@H]1C=C[C@H]2C1. The summed E-state index contributed by atoms with van der Waals surface area (Å²) < 4.78 is 6.03. The van der Waals surface area contributed by atoms with Gasteiger partial charge in [-0.1, -0.05) is 66.7 Å². The third-order valence-electron chi connectivity index (χ3n) is 6.90. The van der Waals surface area contributed by atoms with E-state index in [9.17, 15) is 9.59 Å². The molecule has 6 rings (SSSR count). The number of benzene rings is 3. The van der Waals surface area contributed by atoms with Gasteiger partial charge in [0.25, 0.3) is 11.8 Å². The number of amides is 2. The zero-order valence-electron chi connectivity index (χ0n) is 17.4. The van der Waals surface area contributed by atoms with Crippen molar-refractivity contribution < 1.29 is 14.3 Å². The molecule has 2 bridgehead atoms. The van der Waals surface area contributed by atoms with Crippen LogP contribution in [0.3, 0.4) is 0 Å². The van der Waals surface area contributed by atoms with Crippen LogP contribution in [0.25, 0.3) is 10.8 Å². The second kappa shape index (κ2) is 7.45. The molecule has 158 valence electrons. The van der Waals surface area contributed by atoms with Gasteiger partial charge < -0.3 is 4.74 Å². The Morgan fingerprint density at radius 1 is 0.906 bits per heavy atom. The van der Waals surface area contributed by atoms with Crippen LogP contribution in [-0.4, -0.2) is 23.0 Å². The number of allylic oxidation sites excluding steroid dienone is 2. The van der Waals surface area contributed by atoms with Gasteiger partial charge in [0, 0.05) is 0 Å². The van der Waals surface area contributed by atoms with Crippen molar-refractivity contribution in [3.8, 4) is 5.75 Å². The fourth-order valence-corrected chi connectivity index (χ4v) is 5.39. The molecule has 3 aromatic rings. The number of rotatable bonds is 5. The van der Waals surface area contributed by atoms with Gasteiger partial charge in [0.1, 0.15) is 12.4 Å². The predicted molar refractivity (Wildman–Crippen MR) is 122 cm³/mol. The first-order chi connectivity index (χ1) is 15.7. The summed E-state index contributed by atoms with van der Waals surface area (Å²) in [6.45, 7) is 0.449. The van der Waals surface area contributed by atoms with Crippen molar-refractivity contribution in [2.75, 3.05) is 0 Å². The van der Waals surface area contributed by atoms with E-state index in [1.54, 1.807) is 6.21 Å². The van der Waals surface area contributed by atoms with Crippen molar-refractivity contribution in [2.45, 2.75) is 13.0 Å². The summed E-state index contributed by atoms with van der Waals surface area (Å²) in [4.78, 5) is 25.5. The van der Waals surface area contributed by atoms with E-state index in [1.165, 1.54) is 10.8 Å². The number of nitrogens with zero attached hydrogens (tertiary/aromatic N) is 2. The highest BCUT2D eigenvalue weighted by molar-refractivity contribution is 6.06. The highest BCUT2D eigenvalue weighted by Gasteiger charge is 2.59. The van der Waals surface area contributed by atoms with Gasteiger partial charge in [0.15, 0.2) is 0 Å². The predicted octanol–water partition coefficient (Wildman–Crippen LogP) is 4.56. The summed E-state index contributed by atoms with van der Waals surface area (Å²) >= 11 is 0. The maximum atomic E-state index is 12.8. The third kappa shape index (κ3) is 3.04. The molecule has 0 unspecified atom stereocenters. The molecule has 1 saturated heterocycles. The van der Waals surface area contributed by atoms with Crippen molar-refractivity contribution in [1.29, 1.82) is 0 Å². The van der Waals surface area contributed by atoms with Crippen LogP contribution < -0.4 is 4.74 Å². The van der Waals surface area contributed by atoms with Crippen molar-refractivity contribution >= 4 is 28.8 Å². The lowest BCUT2D eigenvalue weighted by Crippen LogP contribution is -2.28. The number of carbonyl (C=O) groups is 2. The molecule has 5 nitrogen and oxygen atoms in total. The quantitative estimate of drug-likeness (QED) is 0.344. The van der Waals surface area contributed by atoms with Crippen molar-refractivity contribution in [1.82, 2.24) is 5.01 Å². The van der Waals surface area contributed by atoms with E-state index in [0.29, 0.717) is 12.4 Å². The summed E-state index contributed by atoms with van der Waals surface area (Å²) in [5.41, 5.74) is 1.89. The van der Waals surface area contributed by atoms with E-state index in [2.05, 4.69) is 41.5 Å². The van der Waals surface area contributed by atoms with Crippen LogP contribution in [0.15, 0.2) is 84.0 Å². The van der Waals surface area contributed by atoms with E-state index >= 15 is 0 Å². The third-order valence-corrected chi connectivity index (χ3v) is 6.90. The van der Waals surface area contributed by atoms with Gasteiger partial charge in [-0.25, -0.2) is 0 Å². The minimum Gasteiger partial charge on any atom is -0.489 e. The molecule has 2 fully saturated rings. The Morgan fingerprint density at radius 2 is 1.62 bits per heavy atom. The Bertz CT molecular complexity index is 1260. The average Bonchev–Trinajstić information content (AvgIpc) is 3.51. The molecule has 0 radical (unpaired) electrons. The van der Waals surface area contributed by atoms with Gasteiger partial charge in [-0.05, 0) is 52.3 Å². The van der Waals surface area contributed by atoms with Crippen molar-refractivity contribution in [2.24, 2.45) is 28.8 Å². The molecule has 1 saturated carbocycles. The molecule has 1 heterocycles. The number of fused-ring (bicyclic) bond motifs is 6. The first-order valence-corrected chi connectivity index (χ1v) is 11.0. The lowest BCUT2D eigenvalue weighted by atomic mass is 9.85.